The quantitative estimate of drug-likeness (QED) is 0.0357. The van der Waals surface area contributed by atoms with Gasteiger partial charge in [-0.1, -0.05) is 163 Å². The van der Waals surface area contributed by atoms with E-state index >= 15 is 0 Å². The molecule has 1 atom stereocenters. The summed E-state index contributed by atoms with van der Waals surface area (Å²) in [5.41, 5.74) is 0. The molecule has 0 bridgehead atoms. The first-order chi connectivity index (χ1) is 26.6. The highest BCUT2D eigenvalue weighted by Gasteiger charge is 2.17. The molecule has 0 radical (unpaired) electrons. The Balaban J connectivity index is 4.38. The molecule has 0 heterocycles. The van der Waals surface area contributed by atoms with E-state index in [-0.39, 0.29) is 25.2 Å². The fourth-order valence-electron chi connectivity index (χ4n) is 5.43. The van der Waals surface area contributed by atoms with Gasteiger partial charge < -0.3 is 14.2 Å². The van der Waals surface area contributed by atoms with Gasteiger partial charge in [-0.25, -0.2) is 0 Å². The third-order valence-electron chi connectivity index (χ3n) is 8.62. The maximum atomic E-state index is 12.7. The minimum Gasteiger partial charge on any atom is -0.462 e. The van der Waals surface area contributed by atoms with Crippen LogP contribution in [0.25, 0.3) is 0 Å². The minimum absolute atomic E-state index is 0.0425. The van der Waals surface area contributed by atoms with Crippen LogP contribution in [0.15, 0.2) is 97.2 Å². The number of carbonyl (C=O) groups is 2. The fraction of sp³-hybridized carbons (Fsp3) is 0.633. The van der Waals surface area contributed by atoms with Gasteiger partial charge in [-0.2, -0.15) is 0 Å². The second kappa shape index (κ2) is 44.2. The Hall–Kier alpha value is -3.18. The summed E-state index contributed by atoms with van der Waals surface area (Å²) in [6.07, 6.45) is 58.4. The normalized spacial score (nSPS) is 13.2. The molecule has 306 valence electrons. The van der Waals surface area contributed by atoms with Crippen molar-refractivity contribution in [1.82, 2.24) is 0 Å². The molecule has 0 amide bonds. The molecule has 0 rings (SSSR count). The van der Waals surface area contributed by atoms with Gasteiger partial charge in [-0.15, -0.1) is 0 Å². The molecular formula is C49H80O5. The van der Waals surface area contributed by atoms with Crippen LogP contribution in [-0.2, 0) is 23.8 Å². The Kier molecular flexibility index (Phi) is 41.6. The van der Waals surface area contributed by atoms with E-state index < -0.39 is 6.10 Å². The van der Waals surface area contributed by atoms with Gasteiger partial charge in [-0.3, -0.25) is 9.59 Å². The average molecular weight is 749 g/mol. The number of ether oxygens (including phenoxy) is 3. The summed E-state index contributed by atoms with van der Waals surface area (Å²) in [6.45, 7) is 7.46. The van der Waals surface area contributed by atoms with Crippen LogP contribution < -0.4 is 0 Å². The molecule has 0 aromatic rings. The summed E-state index contributed by atoms with van der Waals surface area (Å²) < 4.78 is 17.2. The maximum Gasteiger partial charge on any atom is 0.306 e. The van der Waals surface area contributed by atoms with Crippen LogP contribution >= 0.6 is 0 Å². The van der Waals surface area contributed by atoms with E-state index in [1.165, 1.54) is 38.5 Å². The highest BCUT2D eigenvalue weighted by atomic mass is 16.6. The van der Waals surface area contributed by atoms with Crippen LogP contribution in [0.1, 0.15) is 175 Å². The lowest BCUT2D eigenvalue weighted by Crippen LogP contribution is -2.30. The summed E-state index contributed by atoms with van der Waals surface area (Å²) in [7, 11) is 0. The second-order valence-electron chi connectivity index (χ2n) is 13.8. The van der Waals surface area contributed by atoms with Gasteiger partial charge in [0.1, 0.15) is 6.61 Å². The molecule has 54 heavy (non-hydrogen) atoms. The van der Waals surface area contributed by atoms with Crippen molar-refractivity contribution < 1.29 is 23.8 Å². The SMILES string of the molecule is CC/C=C\C/C=C\C/C=C\C/C=C\CCCCC(=O)OCC(COCCCCCCCCCC)OC(=O)CCCC/C=C\C/C=C\C/C=C\C/C=C\CC. The molecule has 0 aliphatic carbocycles. The predicted octanol–water partition coefficient (Wildman–Crippen LogP) is 14.3. The summed E-state index contributed by atoms with van der Waals surface area (Å²) >= 11 is 0. The van der Waals surface area contributed by atoms with Crippen molar-refractivity contribution in [2.45, 2.75) is 181 Å². The van der Waals surface area contributed by atoms with Gasteiger partial charge >= 0.3 is 11.9 Å². The molecule has 0 saturated carbocycles. The lowest BCUT2D eigenvalue weighted by Gasteiger charge is -2.18. The van der Waals surface area contributed by atoms with E-state index in [0.717, 1.165) is 103 Å². The molecule has 0 aromatic heterocycles. The second-order valence-corrected chi connectivity index (χ2v) is 13.8. The number of carbonyl (C=O) groups excluding carboxylic acids is 2. The number of unbranched alkanes of at least 4 members (excludes halogenated alkanes) is 11. The molecule has 0 spiro atoms. The van der Waals surface area contributed by atoms with Crippen molar-refractivity contribution in [2.75, 3.05) is 19.8 Å². The molecule has 0 aliphatic heterocycles. The molecule has 5 nitrogen and oxygen atoms in total. The third kappa shape index (κ3) is 41.6. The van der Waals surface area contributed by atoms with Gasteiger partial charge in [0.2, 0.25) is 0 Å². The van der Waals surface area contributed by atoms with Crippen LogP contribution in [0.4, 0.5) is 0 Å². The van der Waals surface area contributed by atoms with Crippen LogP contribution in [0.2, 0.25) is 0 Å². The first-order valence-corrected chi connectivity index (χ1v) is 21.8. The van der Waals surface area contributed by atoms with E-state index in [1.54, 1.807) is 0 Å². The fourth-order valence-corrected chi connectivity index (χ4v) is 5.43. The summed E-state index contributed by atoms with van der Waals surface area (Å²) in [5, 5.41) is 0. The van der Waals surface area contributed by atoms with Crippen molar-refractivity contribution in [1.29, 1.82) is 0 Å². The Labute approximate surface area is 332 Å². The molecule has 0 saturated heterocycles. The summed E-state index contributed by atoms with van der Waals surface area (Å²) in [4.78, 5) is 25.2. The van der Waals surface area contributed by atoms with Crippen LogP contribution in [0.3, 0.4) is 0 Å². The molecule has 0 N–H and O–H groups in total. The standard InChI is InChI=1S/C49H80O5/c1-4-7-10-13-16-19-21-23-25-27-29-31-33-36-39-42-48(50)53-46-47(45-52-44-41-38-35-18-15-12-9-6-3)54-49(51)43-40-37-34-32-30-28-26-24-22-20-17-14-11-8-5-2/h7-8,10-11,16-17,19-20,23-26,29-32,47H,4-6,9,12-15,18,21-22,27-28,33-46H2,1-3H3/b10-7-,11-8-,19-16-,20-17-,25-23-,26-24-,31-29-,32-30-. The van der Waals surface area contributed by atoms with Crippen molar-refractivity contribution in [3.8, 4) is 0 Å². The van der Waals surface area contributed by atoms with Gasteiger partial charge in [0.25, 0.3) is 0 Å². The zero-order valence-corrected chi connectivity index (χ0v) is 34.9. The third-order valence-corrected chi connectivity index (χ3v) is 8.62. The van der Waals surface area contributed by atoms with E-state index in [9.17, 15) is 9.59 Å². The zero-order valence-electron chi connectivity index (χ0n) is 34.9. The lowest BCUT2D eigenvalue weighted by molar-refractivity contribution is -0.163. The highest BCUT2D eigenvalue weighted by molar-refractivity contribution is 5.70. The first-order valence-electron chi connectivity index (χ1n) is 21.8. The number of hydrogen-bond donors (Lipinski definition) is 0. The van der Waals surface area contributed by atoms with Gasteiger partial charge in [0.05, 0.1) is 6.61 Å². The molecule has 0 fully saturated rings. The van der Waals surface area contributed by atoms with Crippen molar-refractivity contribution >= 4 is 11.9 Å². The van der Waals surface area contributed by atoms with Gasteiger partial charge in [-0.05, 0) is 96.3 Å². The predicted molar refractivity (Wildman–Crippen MR) is 233 cm³/mol. The molecule has 5 heteroatoms. The zero-order chi connectivity index (χ0) is 39.3. The van der Waals surface area contributed by atoms with E-state index in [0.29, 0.717) is 19.4 Å². The van der Waals surface area contributed by atoms with Crippen LogP contribution in [0.5, 0.6) is 0 Å². The Morgan fingerprint density at radius 3 is 1.30 bits per heavy atom. The number of allylic oxidation sites excluding steroid dienone is 16. The van der Waals surface area contributed by atoms with Crippen molar-refractivity contribution in [2.24, 2.45) is 0 Å². The van der Waals surface area contributed by atoms with E-state index in [1.807, 2.05) is 0 Å². The van der Waals surface area contributed by atoms with Gasteiger partial charge in [0, 0.05) is 19.4 Å². The van der Waals surface area contributed by atoms with Crippen molar-refractivity contribution in [3.05, 3.63) is 97.2 Å². The number of rotatable bonds is 38. The Bertz CT molecular complexity index is 1070. The summed E-state index contributed by atoms with van der Waals surface area (Å²) in [5.74, 6) is -0.503. The molecule has 0 aromatic carbocycles. The van der Waals surface area contributed by atoms with Gasteiger partial charge in [0.15, 0.2) is 6.10 Å². The largest absolute Gasteiger partial charge is 0.462 e. The smallest absolute Gasteiger partial charge is 0.306 e. The maximum absolute atomic E-state index is 12.7. The minimum atomic E-state index is -0.575. The lowest BCUT2D eigenvalue weighted by atomic mass is 10.1. The average Bonchev–Trinajstić information content (AvgIpc) is 3.17. The van der Waals surface area contributed by atoms with E-state index in [2.05, 4.69) is 118 Å². The Morgan fingerprint density at radius 1 is 0.426 bits per heavy atom. The molecule has 1 unspecified atom stereocenters. The topological polar surface area (TPSA) is 61.8 Å². The number of hydrogen-bond acceptors (Lipinski definition) is 5. The molecular weight excluding hydrogens is 669 g/mol. The monoisotopic (exact) mass is 749 g/mol. The number of esters is 2. The molecule has 0 aliphatic rings. The van der Waals surface area contributed by atoms with Crippen LogP contribution in [0, 0.1) is 0 Å². The summed E-state index contributed by atoms with van der Waals surface area (Å²) in [6, 6.07) is 0. The van der Waals surface area contributed by atoms with E-state index in [4.69, 9.17) is 14.2 Å². The Morgan fingerprint density at radius 2 is 0.833 bits per heavy atom. The van der Waals surface area contributed by atoms with Crippen molar-refractivity contribution in [3.63, 3.8) is 0 Å². The first kappa shape index (κ1) is 50.8. The van der Waals surface area contributed by atoms with Crippen LogP contribution in [-0.4, -0.2) is 37.9 Å². The highest BCUT2D eigenvalue weighted by Crippen LogP contribution is 2.10.